The molecule has 0 saturated heterocycles. The summed E-state index contributed by atoms with van der Waals surface area (Å²) < 4.78 is 35.1. The van der Waals surface area contributed by atoms with Crippen molar-refractivity contribution in [2.45, 2.75) is 62.6 Å². The molecule has 1 saturated carbocycles. The quantitative estimate of drug-likeness (QED) is 0.149. The molecule has 0 radical (unpaired) electrons. The molecule has 0 bridgehead atoms. The van der Waals surface area contributed by atoms with Gasteiger partial charge >= 0.3 is 0 Å². The maximum Gasteiger partial charge on any atom is 0.264 e. The molecule has 0 aliphatic heterocycles. The van der Waals surface area contributed by atoms with E-state index in [9.17, 15) is 18.0 Å². The molecule has 0 aromatic heterocycles. The number of carbonyl (C=O) groups excluding carboxylic acids is 2. The lowest BCUT2D eigenvalue weighted by atomic mass is 10.0. The van der Waals surface area contributed by atoms with Crippen LogP contribution in [0.2, 0.25) is 10.0 Å². The molecule has 1 fully saturated rings. The van der Waals surface area contributed by atoms with E-state index in [1.165, 1.54) is 17.0 Å². The Hall–Kier alpha value is -4.05. The van der Waals surface area contributed by atoms with Crippen LogP contribution in [0.15, 0.2) is 108 Å². The Morgan fingerprint density at radius 3 is 2.17 bits per heavy atom. The first-order valence-electron chi connectivity index (χ1n) is 16.0. The van der Waals surface area contributed by atoms with Crippen molar-refractivity contribution < 1.29 is 22.7 Å². The number of anilines is 1. The van der Waals surface area contributed by atoms with E-state index in [4.69, 9.17) is 27.9 Å². The molecule has 252 valence electrons. The van der Waals surface area contributed by atoms with E-state index in [1.807, 2.05) is 37.3 Å². The molecule has 8 nitrogen and oxygen atoms in total. The first-order valence-corrected chi connectivity index (χ1v) is 18.2. The van der Waals surface area contributed by atoms with Crippen molar-refractivity contribution in [1.29, 1.82) is 0 Å². The fourth-order valence-corrected chi connectivity index (χ4v) is 7.76. The van der Waals surface area contributed by atoms with Crippen molar-refractivity contribution in [3.8, 4) is 5.75 Å². The summed E-state index contributed by atoms with van der Waals surface area (Å²) in [5, 5.41) is 3.93. The maximum absolute atomic E-state index is 14.7. The predicted octanol–water partition coefficient (Wildman–Crippen LogP) is 7.29. The van der Waals surface area contributed by atoms with Crippen LogP contribution in [-0.2, 0) is 32.6 Å². The van der Waals surface area contributed by atoms with Crippen LogP contribution in [0, 0.1) is 0 Å². The van der Waals surface area contributed by atoms with Crippen molar-refractivity contribution in [3.05, 3.63) is 124 Å². The molecule has 5 rings (SSSR count). The van der Waals surface area contributed by atoms with Crippen LogP contribution < -0.4 is 14.4 Å². The number of nitrogens with one attached hydrogen (secondary N) is 1. The third-order valence-electron chi connectivity index (χ3n) is 8.37. The second-order valence-corrected chi connectivity index (χ2v) is 14.4. The number of sulfonamides is 1. The second-order valence-electron chi connectivity index (χ2n) is 11.7. The molecular formula is C37H39Cl2N3O5S. The number of benzene rings is 4. The smallest absolute Gasteiger partial charge is 0.264 e. The van der Waals surface area contributed by atoms with Gasteiger partial charge in [0.2, 0.25) is 11.8 Å². The van der Waals surface area contributed by atoms with Gasteiger partial charge in [0.25, 0.3) is 10.0 Å². The van der Waals surface area contributed by atoms with E-state index >= 15 is 0 Å². The number of para-hydroxylation sites is 1. The molecule has 0 unspecified atom stereocenters. The minimum atomic E-state index is -4.24. The van der Waals surface area contributed by atoms with Gasteiger partial charge < -0.3 is 15.0 Å². The third kappa shape index (κ3) is 8.89. The molecule has 4 aromatic rings. The second kappa shape index (κ2) is 16.4. The molecule has 1 aliphatic rings. The lowest BCUT2D eigenvalue weighted by molar-refractivity contribution is -0.140. The Bertz CT molecular complexity index is 1790. The Balaban J connectivity index is 1.56. The van der Waals surface area contributed by atoms with Crippen molar-refractivity contribution in [2.75, 3.05) is 17.5 Å². The van der Waals surface area contributed by atoms with Crippen molar-refractivity contribution in [3.63, 3.8) is 0 Å². The summed E-state index contributed by atoms with van der Waals surface area (Å²) in [6, 6.07) is 28.0. The van der Waals surface area contributed by atoms with Crippen molar-refractivity contribution in [1.82, 2.24) is 10.2 Å². The van der Waals surface area contributed by atoms with Crippen LogP contribution >= 0.6 is 23.2 Å². The summed E-state index contributed by atoms with van der Waals surface area (Å²) in [5.41, 5.74) is 1.73. The number of hydrogen-bond donors (Lipinski definition) is 1. The zero-order valence-corrected chi connectivity index (χ0v) is 29.1. The average Bonchev–Trinajstić information content (AvgIpc) is 3.60. The summed E-state index contributed by atoms with van der Waals surface area (Å²) in [6.07, 6.45) is 3.98. The maximum atomic E-state index is 14.7. The topological polar surface area (TPSA) is 96.0 Å². The van der Waals surface area contributed by atoms with Crippen molar-refractivity contribution >= 4 is 50.7 Å². The van der Waals surface area contributed by atoms with Crippen LogP contribution in [-0.4, -0.2) is 50.4 Å². The highest BCUT2D eigenvalue weighted by Gasteiger charge is 2.36. The van der Waals surface area contributed by atoms with Gasteiger partial charge in [0, 0.05) is 29.1 Å². The molecule has 48 heavy (non-hydrogen) atoms. The normalized spacial score (nSPS) is 13.9. The fourth-order valence-electron chi connectivity index (χ4n) is 5.88. The molecule has 0 heterocycles. The molecule has 0 spiro atoms. The van der Waals surface area contributed by atoms with Gasteiger partial charge in [0.15, 0.2) is 0 Å². The zero-order chi connectivity index (χ0) is 34.1. The Kier molecular flexibility index (Phi) is 12.0. The summed E-state index contributed by atoms with van der Waals surface area (Å²) in [7, 11) is -4.24. The summed E-state index contributed by atoms with van der Waals surface area (Å²) in [6.45, 7) is 1.67. The lowest BCUT2D eigenvalue weighted by Crippen LogP contribution is -2.54. The highest BCUT2D eigenvalue weighted by atomic mass is 35.5. The van der Waals surface area contributed by atoms with Gasteiger partial charge in [-0.15, -0.1) is 0 Å². The first-order chi connectivity index (χ1) is 23.2. The molecular weight excluding hydrogens is 669 g/mol. The minimum Gasteiger partial charge on any atom is -0.494 e. The van der Waals surface area contributed by atoms with Crippen LogP contribution in [0.1, 0.15) is 43.7 Å². The number of halogens is 2. The number of hydrogen-bond acceptors (Lipinski definition) is 5. The molecule has 1 atom stereocenters. The van der Waals surface area contributed by atoms with Crippen LogP contribution in [0.3, 0.4) is 0 Å². The highest BCUT2D eigenvalue weighted by Crippen LogP contribution is 2.28. The van der Waals surface area contributed by atoms with Gasteiger partial charge in [-0.3, -0.25) is 13.9 Å². The van der Waals surface area contributed by atoms with E-state index < -0.39 is 28.5 Å². The van der Waals surface area contributed by atoms with Crippen LogP contribution in [0.4, 0.5) is 5.69 Å². The lowest BCUT2D eigenvalue weighted by Gasteiger charge is -2.34. The van der Waals surface area contributed by atoms with Crippen LogP contribution in [0.25, 0.3) is 0 Å². The van der Waals surface area contributed by atoms with E-state index in [0.717, 1.165) is 35.6 Å². The molecule has 1 N–H and O–H groups in total. The zero-order valence-electron chi connectivity index (χ0n) is 26.7. The Morgan fingerprint density at radius 2 is 1.54 bits per heavy atom. The van der Waals surface area contributed by atoms with Crippen molar-refractivity contribution in [2.24, 2.45) is 0 Å². The van der Waals surface area contributed by atoms with E-state index in [0.29, 0.717) is 33.7 Å². The Morgan fingerprint density at radius 1 is 0.896 bits per heavy atom. The number of carbonyl (C=O) groups is 2. The van der Waals surface area contributed by atoms with E-state index in [2.05, 4.69) is 5.32 Å². The predicted molar refractivity (Wildman–Crippen MR) is 190 cm³/mol. The van der Waals surface area contributed by atoms with E-state index in [-0.39, 0.29) is 29.8 Å². The van der Waals surface area contributed by atoms with Gasteiger partial charge in [-0.1, -0.05) is 90.6 Å². The van der Waals surface area contributed by atoms with Gasteiger partial charge in [-0.2, -0.15) is 0 Å². The summed E-state index contributed by atoms with van der Waals surface area (Å²) >= 11 is 12.8. The Labute approximate surface area is 292 Å². The van der Waals surface area contributed by atoms with Crippen LogP contribution in [0.5, 0.6) is 5.75 Å². The monoisotopic (exact) mass is 707 g/mol. The summed E-state index contributed by atoms with van der Waals surface area (Å²) in [5.74, 6) is -0.339. The van der Waals surface area contributed by atoms with Gasteiger partial charge in [0.05, 0.1) is 17.2 Å². The standard InChI is InChI=1S/C37H39Cl2N3O5S/c1-2-47-32-19-21-33(22-20-32)48(45,46)42(31-15-7-4-8-16-31)26-36(43)41(25-28-17-18-29(38)24-34(28)39)35(23-27-11-5-3-6-12-27)37(44)40-30-13-9-10-14-30/h3-8,11-12,15-22,24,30,35H,2,9-10,13-14,23,25-26H2,1H3,(H,40,44)/t35-/m1/s1. The largest absolute Gasteiger partial charge is 0.494 e. The van der Waals surface area contributed by atoms with Gasteiger partial charge in [0.1, 0.15) is 18.3 Å². The van der Waals surface area contributed by atoms with Gasteiger partial charge in [-0.25, -0.2) is 8.42 Å². The fraction of sp³-hybridized carbons (Fsp3) is 0.297. The SMILES string of the molecule is CCOc1ccc(S(=O)(=O)N(CC(=O)N(Cc2ccc(Cl)cc2Cl)[C@H](Cc2ccccc2)C(=O)NC2CCCC2)c2ccccc2)cc1. The van der Waals surface area contributed by atoms with E-state index in [1.54, 1.807) is 60.7 Å². The average molecular weight is 709 g/mol. The summed E-state index contributed by atoms with van der Waals surface area (Å²) in [4.78, 5) is 30.2. The number of ether oxygens (including phenoxy) is 1. The number of nitrogens with zero attached hydrogens (tertiary/aromatic N) is 2. The minimum absolute atomic E-state index is 0.00489. The number of amides is 2. The number of rotatable bonds is 14. The molecule has 1 aliphatic carbocycles. The molecule has 2 amide bonds. The molecule has 11 heteroatoms. The molecule has 4 aromatic carbocycles. The highest BCUT2D eigenvalue weighted by molar-refractivity contribution is 7.92. The third-order valence-corrected chi connectivity index (χ3v) is 10.7. The van der Waals surface area contributed by atoms with Gasteiger partial charge in [-0.05, 0) is 79.4 Å². The first kappa shape index (κ1) is 35.3.